The summed E-state index contributed by atoms with van der Waals surface area (Å²) in [7, 11) is 0. The van der Waals surface area contributed by atoms with E-state index in [4.69, 9.17) is 0 Å². The van der Waals surface area contributed by atoms with E-state index in [1.807, 2.05) is 0 Å². The Morgan fingerprint density at radius 3 is 2.73 bits per heavy atom. The molecule has 0 aliphatic rings. The monoisotopic (exact) mass is 356 g/mol. The number of hydrogen-bond acceptors (Lipinski definition) is 3. The van der Waals surface area contributed by atoms with Gasteiger partial charge in [-0.25, -0.2) is 22.9 Å². The molecule has 130 valence electrons. The Kier molecular flexibility index (Phi) is 3.80. The molecule has 0 aliphatic heterocycles. The molecule has 3 aromatic heterocycles. The topological polar surface area (TPSA) is 63.6 Å². The number of imidazole rings is 1. The number of nitrogens with zero attached hydrogens (tertiary/aromatic N) is 3. The van der Waals surface area contributed by atoms with Gasteiger partial charge in [-0.1, -0.05) is 12.1 Å². The van der Waals surface area contributed by atoms with Gasteiger partial charge in [0.25, 0.3) is 0 Å². The SMILES string of the molecule is O=c1[nH]c2ncc(-c3cccc(F)c3F)cc2n1Cc1cncc(F)c1. The first-order chi connectivity index (χ1) is 12.5. The lowest BCUT2D eigenvalue weighted by molar-refractivity contribution is 0.511. The van der Waals surface area contributed by atoms with E-state index >= 15 is 0 Å². The maximum atomic E-state index is 14.1. The van der Waals surface area contributed by atoms with Gasteiger partial charge in [0.15, 0.2) is 17.3 Å². The average Bonchev–Trinajstić information content (AvgIpc) is 2.92. The number of halogens is 3. The van der Waals surface area contributed by atoms with Crippen LogP contribution in [0, 0.1) is 17.5 Å². The Bertz CT molecular complexity index is 1180. The highest BCUT2D eigenvalue weighted by Crippen LogP contribution is 2.26. The molecule has 0 saturated heterocycles. The van der Waals surface area contributed by atoms with Crippen molar-refractivity contribution >= 4 is 11.2 Å². The molecular weight excluding hydrogens is 345 g/mol. The summed E-state index contributed by atoms with van der Waals surface area (Å²) in [5, 5.41) is 0. The molecule has 0 amide bonds. The summed E-state index contributed by atoms with van der Waals surface area (Å²) in [6, 6.07) is 6.63. The van der Waals surface area contributed by atoms with Crippen LogP contribution in [-0.4, -0.2) is 19.5 Å². The number of rotatable bonds is 3. The van der Waals surface area contributed by atoms with Crippen molar-refractivity contribution in [1.29, 1.82) is 0 Å². The highest BCUT2D eigenvalue weighted by atomic mass is 19.2. The number of aromatic amines is 1. The maximum absolute atomic E-state index is 14.1. The molecule has 0 unspecified atom stereocenters. The summed E-state index contributed by atoms with van der Waals surface area (Å²) in [4.78, 5) is 22.7. The third-order valence-corrected chi connectivity index (χ3v) is 3.99. The molecule has 0 saturated carbocycles. The average molecular weight is 356 g/mol. The number of hydrogen-bond donors (Lipinski definition) is 1. The molecule has 3 heterocycles. The minimum atomic E-state index is -0.993. The Labute approximate surface area is 144 Å². The van der Waals surface area contributed by atoms with E-state index in [1.54, 1.807) is 0 Å². The molecule has 4 aromatic rings. The van der Waals surface area contributed by atoms with Crippen molar-refractivity contribution in [2.24, 2.45) is 0 Å². The molecule has 8 heteroatoms. The minimum absolute atomic E-state index is 0.0343. The van der Waals surface area contributed by atoms with Crippen LogP contribution in [0.5, 0.6) is 0 Å². The van der Waals surface area contributed by atoms with Crippen molar-refractivity contribution in [3.63, 3.8) is 0 Å². The second-order valence-corrected chi connectivity index (χ2v) is 5.72. The molecule has 4 rings (SSSR count). The third kappa shape index (κ3) is 2.75. The summed E-state index contributed by atoms with van der Waals surface area (Å²) >= 11 is 0. The number of pyridine rings is 2. The standard InChI is InChI=1S/C18H11F3N4O/c19-12-4-10(6-22-8-12)9-25-15-5-11(7-23-17(15)24-18(25)26)13-2-1-3-14(20)16(13)21/h1-8H,9H2,(H,23,24,26). The molecule has 0 radical (unpaired) electrons. The van der Waals surface area contributed by atoms with Gasteiger partial charge >= 0.3 is 5.69 Å². The van der Waals surface area contributed by atoms with Crippen molar-refractivity contribution in [2.45, 2.75) is 6.54 Å². The smallest absolute Gasteiger partial charge is 0.290 e. The van der Waals surface area contributed by atoms with Crippen LogP contribution in [0.3, 0.4) is 0 Å². The van der Waals surface area contributed by atoms with Gasteiger partial charge in [0, 0.05) is 23.5 Å². The first kappa shape index (κ1) is 16.1. The normalized spacial score (nSPS) is 11.2. The van der Waals surface area contributed by atoms with E-state index in [0.717, 1.165) is 12.3 Å². The van der Waals surface area contributed by atoms with E-state index in [1.165, 1.54) is 41.2 Å². The van der Waals surface area contributed by atoms with Gasteiger partial charge in [0.05, 0.1) is 18.3 Å². The molecule has 1 aromatic carbocycles. The lowest BCUT2D eigenvalue weighted by atomic mass is 10.1. The van der Waals surface area contributed by atoms with Gasteiger partial charge in [0.2, 0.25) is 0 Å². The van der Waals surface area contributed by atoms with Gasteiger partial charge in [-0.05, 0) is 23.8 Å². The van der Waals surface area contributed by atoms with Crippen LogP contribution in [0.15, 0.2) is 53.7 Å². The van der Waals surface area contributed by atoms with Crippen LogP contribution in [0.25, 0.3) is 22.3 Å². The number of nitrogens with one attached hydrogen (secondary N) is 1. The predicted octanol–water partition coefficient (Wildman–Crippen LogP) is 3.25. The fraction of sp³-hybridized carbons (Fsp3) is 0.0556. The fourth-order valence-corrected chi connectivity index (χ4v) is 2.79. The highest BCUT2D eigenvalue weighted by Gasteiger charge is 2.14. The Morgan fingerprint density at radius 1 is 1.08 bits per heavy atom. The fourth-order valence-electron chi connectivity index (χ4n) is 2.79. The van der Waals surface area contributed by atoms with E-state index in [2.05, 4.69) is 15.0 Å². The largest absolute Gasteiger partial charge is 0.327 e. The maximum Gasteiger partial charge on any atom is 0.327 e. The number of H-pyrrole nitrogens is 1. The second kappa shape index (κ2) is 6.14. The Balaban J connectivity index is 1.85. The predicted molar refractivity (Wildman–Crippen MR) is 89.0 cm³/mol. The van der Waals surface area contributed by atoms with Crippen LogP contribution in [0.1, 0.15) is 5.56 Å². The molecule has 1 N–H and O–H groups in total. The minimum Gasteiger partial charge on any atom is -0.290 e. The third-order valence-electron chi connectivity index (χ3n) is 3.99. The lowest BCUT2D eigenvalue weighted by Gasteiger charge is -2.06. The van der Waals surface area contributed by atoms with Gasteiger partial charge in [-0.2, -0.15) is 0 Å². The van der Waals surface area contributed by atoms with E-state index in [-0.39, 0.29) is 12.1 Å². The van der Waals surface area contributed by atoms with Crippen LogP contribution in [-0.2, 0) is 6.54 Å². The van der Waals surface area contributed by atoms with Crippen LogP contribution in [0.2, 0.25) is 0 Å². The van der Waals surface area contributed by atoms with Crippen LogP contribution >= 0.6 is 0 Å². The van der Waals surface area contributed by atoms with Gasteiger partial charge < -0.3 is 0 Å². The number of benzene rings is 1. The van der Waals surface area contributed by atoms with E-state index < -0.39 is 23.1 Å². The zero-order valence-electron chi connectivity index (χ0n) is 13.2. The molecule has 0 fully saturated rings. The van der Waals surface area contributed by atoms with Crippen molar-refractivity contribution in [1.82, 2.24) is 19.5 Å². The Morgan fingerprint density at radius 2 is 1.92 bits per heavy atom. The van der Waals surface area contributed by atoms with Crippen molar-refractivity contribution in [3.05, 3.63) is 82.4 Å². The lowest BCUT2D eigenvalue weighted by Crippen LogP contribution is -2.17. The van der Waals surface area contributed by atoms with Crippen molar-refractivity contribution in [3.8, 4) is 11.1 Å². The van der Waals surface area contributed by atoms with Gasteiger partial charge in [0.1, 0.15) is 5.82 Å². The van der Waals surface area contributed by atoms with E-state index in [9.17, 15) is 18.0 Å². The quantitative estimate of drug-likeness (QED) is 0.613. The zero-order valence-corrected chi connectivity index (χ0v) is 13.2. The molecule has 0 bridgehead atoms. The summed E-state index contributed by atoms with van der Waals surface area (Å²) in [6.45, 7) is 0.0559. The molecule has 5 nitrogen and oxygen atoms in total. The van der Waals surface area contributed by atoms with Gasteiger partial charge in [-0.15, -0.1) is 0 Å². The number of fused-ring (bicyclic) bond motifs is 1. The Hall–Kier alpha value is -3.42. The molecule has 26 heavy (non-hydrogen) atoms. The number of aromatic nitrogens is 4. The van der Waals surface area contributed by atoms with Gasteiger partial charge in [-0.3, -0.25) is 14.5 Å². The molecule has 0 spiro atoms. The second-order valence-electron chi connectivity index (χ2n) is 5.72. The molecule has 0 atom stereocenters. The first-order valence-corrected chi connectivity index (χ1v) is 7.65. The van der Waals surface area contributed by atoms with Crippen molar-refractivity contribution in [2.75, 3.05) is 0 Å². The van der Waals surface area contributed by atoms with Crippen LogP contribution < -0.4 is 5.69 Å². The highest BCUT2D eigenvalue weighted by molar-refractivity contribution is 5.78. The van der Waals surface area contributed by atoms with E-state index in [0.29, 0.717) is 22.3 Å². The van der Waals surface area contributed by atoms with Crippen LogP contribution in [0.4, 0.5) is 13.2 Å². The first-order valence-electron chi connectivity index (χ1n) is 7.65. The summed E-state index contributed by atoms with van der Waals surface area (Å²) < 4.78 is 42.2. The summed E-state index contributed by atoms with van der Waals surface area (Å²) in [5.74, 6) is -2.48. The molecular formula is C18H11F3N4O. The zero-order chi connectivity index (χ0) is 18.3. The van der Waals surface area contributed by atoms with Crippen molar-refractivity contribution < 1.29 is 13.2 Å². The summed E-state index contributed by atoms with van der Waals surface area (Å²) in [6.07, 6.45) is 3.86. The summed E-state index contributed by atoms with van der Waals surface area (Å²) in [5.41, 5.74) is 1.07. The molecule has 0 aliphatic carbocycles.